The summed E-state index contributed by atoms with van der Waals surface area (Å²) in [5, 5.41) is 11.3. The lowest BCUT2D eigenvalue weighted by atomic mass is 9.99. The van der Waals surface area contributed by atoms with E-state index in [1.54, 1.807) is 50.6 Å². The number of piperidine rings is 1. The van der Waals surface area contributed by atoms with E-state index >= 15 is 0 Å². The van der Waals surface area contributed by atoms with E-state index in [4.69, 9.17) is 13.9 Å². The monoisotopic (exact) mass is 410 g/mol. The number of benzene rings is 2. The fourth-order valence-electron chi connectivity index (χ4n) is 4.42. The molecule has 1 aromatic heterocycles. The molecule has 1 saturated heterocycles. The highest BCUT2D eigenvalue weighted by Gasteiger charge is 2.24. The first-order valence-corrected chi connectivity index (χ1v) is 10.3. The van der Waals surface area contributed by atoms with Gasteiger partial charge in [0, 0.05) is 16.9 Å². The van der Waals surface area contributed by atoms with Crippen LogP contribution in [0.5, 0.6) is 17.2 Å². The SMILES string of the molecule is COc1ccc(OC)c(-c2cc3ccc(O)c(C[NH+]4CCC[C@@H](C)C4)c3oc2=O)c1. The minimum atomic E-state index is -0.470. The second-order valence-electron chi connectivity index (χ2n) is 8.12. The zero-order valence-electron chi connectivity index (χ0n) is 17.7. The molecule has 1 unspecified atom stereocenters. The van der Waals surface area contributed by atoms with Crippen LogP contribution in [0.2, 0.25) is 0 Å². The largest absolute Gasteiger partial charge is 0.507 e. The van der Waals surface area contributed by atoms with Gasteiger partial charge in [-0.15, -0.1) is 0 Å². The van der Waals surface area contributed by atoms with Gasteiger partial charge in [-0.3, -0.25) is 0 Å². The van der Waals surface area contributed by atoms with Crippen molar-refractivity contribution in [3.8, 4) is 28.4 Å². The number of quaternary nitrogens is 1. The Morgan fingerprint density at radius 2 is 1.97 bits per heavy atom. The Labute approximate surface area is 175 Å². The number of phenols is 1. The zero-order chi connectivity index (χ0) is 21.3. The molecule has 30 heavy (non-hydrogen) atoms. The van der Waals surface area contributed by atoms with Gasteiger partial charge in [-0.05, 0) is 49.2 Å². The Morgan fingerprint density at radius 3 is 2.70 bits per heavy atom. The fraction of sp³-hybridized carbons (Fsp3) is 0.375. The van der Waals surface area contributed by atoms with Crippen molar-refractivity contribution in [3.63, 3.8) is 0 Å². The van der Waals surface area contributed by atoms with E-state index < -0.39 is 5.63 Å². The third-order valence-electron chi connectivity index (χ3n) is 5.97. The predicted molar refractivity (Wildman–Crippen MR) is 115 cm³/mol. The number of aromatic hydroxyl groups is 1. The van der Waals surface area contributed by atoms with Crippen molar-refractivity contribution in [2.24, 2.45) is 5.92 Å². The zero-order valence-corrected chi connectivity index (χ0v) is 17.7. The van der Waals surface area contributed by atoms with Crippen molar-refractivity contribution in [1.29, 1.82) is 0 Å². The number of phenolic OH excluding ortho intramolecular Hbond substituents is 1. The van der Waals surface area contributed by atoms with Gasteiger partial charge in [0.25, 0.3) is 0 Å². The topological polar surface area (TPSA) is 73.3 Å². The Bertz CT molecular complexity index is 1120. The smallest absolute Gasteiger partial charge is 0.344 e. The van der Waals surface area contributed by atoms with Crippen molar-refractivity contribution in [2.45, 2.75) is 26.3 Å². The molecule has 0 saturated carbocycles. The summed E-state index contributed by atoms with van der Waals surface area (Å²) in [6.45, 7) is 5.01. The second kappa shape index (κ2) is 8.40. The molecule has 2 N–H and O–H groups in total. The number of nitrogens with one attached hydrogen (secondary N) is 1. The predicted octanol–water partition coefficient (Wildman–Crippen LogP) is 3.00. The van der Waals surface area contributed by atoms with E-state index in [1.165, 1.54) is 17.7 Å². The molecule has 3 aromatic rings. The van der Waals surface area contributed by atoms with E-state index in [9.17, 15) is 9.90 Å². The van der Waals surface area contributed by atoms with Gasteiger partial charge in [0.05, 0.1) is 38.4 Å². The molecule has 1 aliphatic heterocycles. The highest BCUT2D eigenvalue weighted by Crippen LogP contribution is 2.34. The number of hydrogen-bond acceptors (Lipinski definition) is 5. The summed E-state index contributed by atoms with van der Waals surface area (Å²) in [5.74, 6) is 2.01. The van der Waals surface area contributed by atoms with Crippen LogP contribution in [-0.2, 0) is 6.54 Å². The molecule has 0 bridgehead atoms. The summed E-state index contributed by atoms with van der Waals surface area (Å²) < 4.78 is 16.5. The van der Waals surface area contributed by atoms with Crippen LogP contribution in [-0.4, -0.2) is 32.4 Å². The lowest BCUT2D eigenvalue weighted by Gasteiger charge is -2.28. The molecule has 1 aliphatic rings. The molecule has 6 heteroatoms. The number of likely N-dealkylation sites (tertiary alicyclic amines) is 1. The normalized spacial score (nSPS) is 19.0. The average molecular weight is 410 g/mol. The number of ether oxygens (including phenoxy) is 2. The van der Waals surface area contributed by atoms with Gasteiger partial charge in [-0.1, -0.05) is 6.92 Å². The van der Waals surface area contributed by atoms with Crippen LogP contribution in [0.3, 0.4) is 0 Å². The van der Waals surface area contributed by atoms with Crippen LogP contribution in [0, 0.1) is 5.92 Å². The summed E-state index contributed by atoms with van der Waals surface area (Å²) in [6, 6.07) is 10.6. The molecule has 0 spiro atoms. The van der Waals surface area contributed by atoms with Crippen molar-refractivity contribution in [3.05, 3.63) is 52.4 Å². The Kier molecular flexibility index (Phi) is 5.68. The molecular formula is C24H28NO5+. The maximum absolute atomic E-state index is 13.0. The first kappa shape index (κ1) is 20.3. The van der Waals surface area contributed by atoms with Crippen LogP contribution >= 0.6 is 0 Å². The summed E-state index contributed by atoms with van der Waals surface area (Å²) >= 11 is 0. The molecule has 0 aliphatic carbocycles. The van der Waals surface area contributed by atoms with E-state index in [0.29, 0.717) is 46.2 Å². The lowest BCUT2D eigenvalue weighted by molar-refractivity contribution is -0.922. The van der Waals surface area contributed by atoms with Crippen LogP contribution in [0.4, 0.5) is 0 Å². The minimum Gasteiger partial charge on any atom is -0.507 e. The van der Waals surface area contributed by atoms with Crippen molar-refractivity contribution in [1.82, 2.24) is 0 Å². The molecule has 6 nitrogen and oxygen atoms in total. The van der Waals surface area contributed by atoms with Crippen molar-refractivity contribution < 1.29 is 23.9 Å². The van der Waals surface area contributed by atoms with Gasteiger partial charge in [0.15, 0.2) is 5.58 Å². The lowest BCUT2D eigenvalue weighted by Crippen LogP contribution is -3.12. The summed E-state index contributed by atoms with van der Waals surface area (Å²) in [7, 11) is 3.14. The molecule has 0 amide bonds. The highest BCUT2D eigenvalue weighted by molar-refractivity contribution is 5.86. The molecule has 2 atom stereocenters. The molecular weight excluding hydrogens is 382 g/mol. The van der Waals surface area contributed by atoms with Gasteiger partial charge in [-0.2, -0.15) is 0 Å². The van der Waals surface area contributed by atoms with Crippen LogP contribution in [0.1, 0.15) is 25.3 Å². The fourth-order valence-corrected chi connectivity index (χ4v) is 4.42. The molecule has 2 aromatic carbocycles. The van der Waals surface area contributed by atoms with Crippen LogP contribution in [0.25, 0.3) is 22.1 Å². The highest BCUT2D eigenvalue weighted by atomic mass is 16.5. The maximum Gasteiger partial charge on any atom is 0.344 e. The standard InChI is InChI=1S/C24H27NO5/c1-15-5-4-10-25(13-15)14-20-21(26)8-6-16-11-19(24(27)30-23(16)20)18-12-17(28-2)7-9-22(18)29-3/h6-9,11-12,15,26H,4-5,10,13-14H2,1-3H3/p+1/t15-/m1/s1. The van der Waals surface area contributed by atoms with Crippen molar-refractivity contribution >= 4 is 11.0 Å². The third-order valence-corrected chi connectivity index (χ3v) is 5.97. The van der Waals surface area contributed by atoms with Gasteiger partial charge in [-0.25, -0.2) is 4.79 Å². The van der Waals surface area contributed by atoms with E-state index in [1.807, 2.05) is 0 Å². The first-order chi connectivity index (χ1) is 14.5. The summed E-state index contributed by atoms with van der Waals surface area (Å²) in [4.78, 5) is 14.4. The van der Waals surface area contributed by atoms with Gasteiger partial charge >= 0.3 is 5.63 Å². The molecule has 1 fully saturated rings. The second-order valence-corrected chi connectivity index (χ2v) is 8.12. The van der Waals surface area contributed by atoms with Crippen LogP contribution < -0.4 is 20.0 Å². The first-order valence-electron chi connectivity index (χ1n) is 10.3. The number of fused-ring (bicyclic) bond motifs is 1. The third kappa shape index (κ3) is 3.87. The van der Waals surface area contributed by atoms with E-state index in [2.05, 4.69) is 6.92 Å². The Morgan fingerprint density at radius 1 is 1.13 bits per heavy atom. The van der Waals surface area contributed by atoms with Crippen molar-refractivity contribution in [2.75, 3.05) is 27.3 Å². The molecule has 158 valence electrons. The van der Waals surface area contributed by atoms with Gasteiger partial charge < -0.3 is 23.9 Å². The molecule has 0 radical (unpaired) electrons. The number of rotatable bonds is 5. The molecule has 2 heterocycles. The summed E-state index contributed by atoms with van der Waals surface area (Å²) in [5.41, 5.74) is 1.68. The van der Waals surface area contributed by atoms with Crippen LogP contribution in [0.15, 0.2) is 45.6 Å². The Hall–Kier alpha value is -2.99. The number of methoxy groups -OCH3 is 2. The maximum atomic E-state index is 13.0. The van der Waals surface area contributed by atoms with E-state index in [0.717, 1.165) is 18.5 Å². The number of hydrogen-bond donors (Lipinski definition) is 2. The van der Waals surface area contributed by atoms with Gasteiger partial charge in [0.2, 0.25) is 0 Å². The average Bonchev–Trinajstić information content (AvgIpc) is 2.75. The minimum absolute atomic E-state index is 0.170. The Balaban J connectivity index is 1.81. The van der Waals surface area contributed by atoms with Gasteiger partial charge in [0.1, 0.15) is 23.8 Å². The molecule has 4 rings (SSSR count). The van der Waals surface area contributed by atoms with E-state index in [-0.39, 0.29) is 5.75 Å². The summed E-state index contributed by atoms with van der Waals surface area (Å²) in [6.07, 6.45) is 2.41. The quantitative estimate of drug-likeness (QED) is 0.633.